The van der Waals surface area contributed by atoms with Gasteiger partial charge in [-0.25, -0.2) is 9.67 Å². The number of nitrogens with zero attached hydrogens (tertiary/aromatic N) is 3. The highest BCUT2D eigenvalue weighted by atomic mass is 35.5. The summed E-state index contributed by atoms with van der Waals surface area (Å²) in [5, 5.41) is 7.83. The Hall–Kier alpha value is -0.610. The van der Waals surface area contributed by atoms with Crippen molar-refractivity contribution >= 4 is 11.6 Å². The standard InChI is InChI=1S/C12H21ClN4/c1-10(2)17-11(14-9-16-17)7-15-12(8-13)5-3-4-6-12/h9-10,15H,3-8H2,1-2H3. The van der Waals surface area contributed by atoms with E-state index in [4.69, 9.17) is 11.6 Å². The Balaban J connectivity index is 1.99. The van der Waals surface area contributed by atoms with E-state index in [-0.39, 0.29) is 5.54 Å². The van der Waals surface area contributed by atoms with Gasteiger partial charge >= 0.3 is 0 Å². The predicted molar refractivity (Wildman–Crippen MR) is 69.2 cm³/mol. The summed E-state index contributed by atoms with van der Waals surface area (Å²) in [6.45, 7) is 4.99. The SMILES string of the molecule is CC(C)n1ncnc1CNC1(CCl)CCCC1. The van der Waals surface area contributed by atoms with E-state index in [0.717, 1.165) is 12.4 Å². The average molecular weight is 257 g/mol. The number of halogens is 1. The molecule has 0 aliphatic heterocycles. The van der Waals surface area contributed by atoms with Crippen molar-refractivity contribution in [3.8, 4) is 0 Å². The molecule has 1 aliphatic carbocycles. The molecule has 0 saturated heterocycles. The number of alkyl halides is 1. The number of nitrogens with one attached hydrogen (secondary N) is 1. The molecule has 4 nitrogen and oxygen atoms in total. The van der Waals surface area contributed by atoms with Gasteiger partial charge in [-0.05, 0) is 26.7 Å². The molecule has 5 heteroatoms. The van der Waals surface area contributed by atoms with Crippen LogP contribution >= 0.6 is 11.6 Å². The van der Waals surface area contributed by atoms with Crippen LogP contribution < -0.4 is 5.32 Å². The molecule has 0 bridgehead atoms. The van der Waals surface area contributed by atoms with Crippen molar-refractivity contribution in [1.29, 1.82) is 0 Å². The third kappa shape index (κ3) is 2.80. The molecule has 17 heavy (non-hydrogen) atoms. The van der Waals surface area contributed by atoms with Crippen LogP contribution in [-0.2, 0) is 6.54 Å². The number of hydrogen-bond donors (Lipinski definition) is 1. The molecule has 0 aromatic carbocycles. The van der Waals surface area contributed by atoms with E-state index >= 15 is 0 Å². The van der Waals surface area contributed by atoms with E-state index in [9.17, 15) is 0 Å². The van der Waals surface area contributed by atoms with Crippen molar-refractivity contribution in [1.82, 2.24) is 20.1 Å². The number of rotatable bonds is 5. The van der Waals surface area contributed by atoms with E-state index in [2.05, 4.69) is 29.2 Å². The van der Waals surface area contributed by atoms with Crippen molar-refractivity contribution in [2.45, 2.75) is 57.7 Å². The lowest BCUT2D eigenvalue weighted by atomic mass is 10.0. The van der Waals surface area contributed by atoms with Gasteiger partial charge in [0, 0.05) is 17.5 Å². The molecule has 0 radical (unpaired) electrons. The topological polar surface area (TPSA) is 42.7 Å². The van der Waals surface area contributed by atoms with Crippen LogP contribution in [0, 0.1) is 0 Å². The first-order valence-corrected chi connectivity index (χ1v) is 6.90. The molecular formula is C12H21ClN4. The van der Waals surface area contributed by atoms with E-state index in [1.165, 1.54) is 25.7 Å². The minimum atomic E-state index is 0.120. The highest BCUT2D eigenvalue weighted by Crippen LogP contribution is 2.30. The molecule has 1 aromatic heterocycles. The minimum Gasteiger partial charge on any atom is -0.303 e. The second kappa shape index (κ2) is 5.36. The van der Waals surface area contributed by atoms with Crippen LogP contribution in [0.25, 0.3) is 0 Å². The molecule has 1 aromatic rings. The molecule has 96 valence electrons. The van der Waals surface area contributed by atoms with E-state index in [1.54, 1.807) is 6.33 Å². The molecule has 1 aliphatic rings. The summed E-state index contributed by atoms with van der Waals surface area (Å²) < 4.78 is 1.96. The van der Waals surface area contributed by atoms with Gasteiger partial charge in [0.1, 0.15) is 12.2 Å². The summed E-state index contributed by atoms with van der Waals surface area (Å²) in [6.07, 6.45) is 6.52. The number of aromatic nitrogens is 3. The third-order valence-electron chi connectivity index (χ3n) is 3.57. The van der Waals surface area contributed by atoms with Gasteiger partial charge in [0.2, 0.25) is 0 Å². The fourth-order valence-corrected chi connectivity index (χ4v) is 2.87. The fraction of sp³-hybridized carbons (Fsp3) is 0.833. The third-order valence-corrected chi connectivity index (χ3v) is 4.09. The average Bonchev–Trinajstić information content (AvgIpc) is 2.96. The highest BCUT2D eigenvalue weighted by molar-refractivity contribution is 6.18. The van der Waals surface area contributed by atoms with Gasteiger partial charge < -0.3 is 5.32 Å². The summed E-state index contributed by atoms with van der Waals surface area (Å²) in [5.41, 5.74) is 0.120. The van der Waals surface area contributed by atoms with E-state index in [1.807, 2.05) is 4.68 Å². The summed E-state index contributed by atoms with van der Waals surface area (Å²) in [6, 6.07) is 0.352. The monoisotopic (exact) mass is 256 g/mol. The molecule has 0 atom stereocenters. The van der Waals surface area contributed by atoms with E-state index in [0.29, 0.717) is 11.9 Å². The molecule has 2 rings (SSSR count). The van der Waals surface area contributed by atoms with Gasteiger partial charge in [-0.2, -0.15) is 5.10 Å². The Morgan fingerprint density at radius 1 is 1.47 bits per heavy atom. The Morgan fingerprint density at radius 3 is 2.76 bits per heavy atom. The fourth-order valence-electron chi connectivity index (χ4n) is 2.51. The summed E-state index contributed by atoms with van der Waals surface area (Å²) >= 11 is 6.10. The lowest BCUT2D eigenvalue weighted by molar-refractivity contribution is 0.354. The summed E-state index contributed by atoms with van der Waals surface area (Å²) in [5.74, 6) is 1.68. The molecule has 0 unspecified atom stereocenters. The van der Waals surface area contributed by atoms with Crippen LogP contribution in [0.4, 0.5) is 0 Å². The van der Waals surface area contributed by atoms with Crippen LogP contribution in [0.1, 0.15) is 51.4 Å². The smallest absolute Gasteiger partial charge is 0.141 e. The Kier molecular flexibility index (Phi) is 4.05. The zero-order valence-electron chi connectivity index (χ0n) is 10.6. The maximum atomic E-state index is 6.10. The normalized spacial score (nSPS) is 19.1. The van der Waals surface area contributed by atoms with Crippen molar-refractivity contribution in [2.24, 2.45) is 0 Å². The second-order valence-electron chi connectivity index (χ2n) is 5.19. The largest absolute Gasteiger partial charge is 0.303 e. The molecule has 1 fully saturated rings. The first kappa shape index (κ1) is 12.8. The zero-order valence-corrected chi connectivity index (χ0v) is 11.4. The lowest BCUT2D eigenvalue weighted by Gasteiger charge is -2.28. The predicted octanol–water partition coefficient (Wildman–Crippen LogP) is 2.50. The molecule has 1 N–H and O–H groups in total. The Labute approximate surface area is 108 Å². The van der Waals surface area contributed by atoms with Crippen molar-refractivity contribution in [3.63, 3.8) is 0 Å². The quantitative estimate of drug-likeness (QED) is 0.824. The van der Waals surface area contributed by atoms with Crippen LogP contribution in [0.2, 0.25) is 0 Å². The van der Waals surface area contributed by atoms with Gasteiger partial charge in [0.15, 0.2) is 0 Å². The Bertz CT molecular complexity index is 355. The van der Waals surface area contributed by atoms with Gasteiger partial charge in [0.05, 0.1) is 6.54 Å². The van der Waals surface area contributed by atoms with Gasteiger partial charge in [0.25, 0.3) is 0 Å². The van der Waals surface area contributed by atoms with Crippen molar-refractivity contribution < 1.29 is 0 Å². The van der Waals surface area contributed by atoms with Gasteiger partial charge in [-0.1, -0.05) is 12.8 Å². The first-order valence-electron chi connectivity index (χ1n) is 6.36. The first-order chi connectivity index (χ1) is 8.17. The maximum Gasteiger partial charge on any atom is 0.141 e. The minimum absolute atomic E-state index is 0.120. The molecule has 0 spiro atoms. The highest BCUT2D eigenvalue weighted by Gasteiger charge is 2.32. The van der Waals surface area contributed by atoms with Crippen LogP contribution in [-0.4, -0.2) is 26.2 Å². The summed E-state index contributed by atoms with van der Waals surface area (Å²) in [7, 11) is 0. The van der Waals surface area contributed by atoms with Crippen LogP contribution in [0.3, 0.4) is 0 Å². The van der Waals surface area contributed by atoms with Crippen molar-refractivity contribution in [2.75, 3.05) is 5.88 Å². The van der Waals surface area contributed by atoms with Gasteiger partial charge in [-0.15, -0.1) is 11.6 Å². The summed E-state index contributed by atoms with van der Waals surface area (Å²) in [4.78, 5) is 4.31. The maximum absolute atomic E-state index is 6.10. The molecule has 0 amide bonds. The van der Waals surface area contributed by atoms with Gasteiger partial charge in [-0.3, -0.25) is 0 Å². The zero-order chi connectivity index (χ0) is 12.3. The lowest BCUT2D eigenvalue weighted by Crippen LogP contribution is -2.44. The second-order valence-corrected chi connectivity index (χ2v) is 5.46. The van der Waals surface area contributed by atoms with E-state index < -0.39 is 0 Å². The molecular weight excluding hydrogens is 236 g/mol. The molecule has 1 saturated carbocycles. The Morgan fingerprint density at radius 2 is 2.18 bits per heavy atom. The van der Waals surface area contributed by atoms with Crippen LogP contribution in [0.15, 0.2) is 6.33 Å². The molecule has 1 heterocycles. The van der Waals surface area contributed by atoms with Crippen LogP contribution in [0.5, 0.6) is 0 Å². The number of hydrogen-bond acceptors (Lipinski definition) is 3. The van der Waals surface area contributed by atoms with Crippen molar-refractivity contribution in [3.05, 3.63) is 12.2 Å².